The van der Waals surface area contributed by atoms with E-state index in [0.29, 0.717) is 41.9 Å². The lowest BCUT2D eigenvalue weighted by Crippen LogP contribution is -2.58. The molecule has 218 valence electrons. The van der Waals surface area contributed by atoms with Gasteiger partial charge < -0.3 is 4.74 Å². The van der Waals surface area contributed by atoms with Crippen molar-refractivity contribution in [2.24, 2.45) is 52.3 Å². The minimum absolute atomic E-state index is 0.113. The number of fused-ring (bicyclic) bond motifs is 5. The second-order valence-corrected chi connectivity index (χ2v) is 15.9. The first-order valence-electron chi connectivity index (χ1n) is 15.5. The molecule has 0 aliphatic heterocycles. The third-order valence-electron chi connectivity index (χ3n) is 12.3. The van der Waals surface area contributed by atoms with Gasteiger partial charge in [-0.05, 0) is 123 Å². The molecule has 0 N–H and O–H groups in total. The van der Waals surface area contributed by atoms with Crippen LogP contribution in [0.25, 0.3) is 0 Å². The van der Waals surface area contributed by atoms with Crippen LogP contribution in [0, 0.1) is 59.2 Å². The van der Waals surface area contributed by atoms with E-state index < -0.39 is 10.1 Å². The molecule has 10 atom stereocenters. The zero-order chi connectivity index (χ0) is 28.2. The summed E-state index contributed by atoms with van der Waals surface area (Å²) in [6, 6.07) is 7.08. The number of carbonyl (C=O) groups is 1. The van der Waals surface area contributed by atoms with Gasteiger partial charge in [-0.15, -0.1) is 0 Å². The third-order valence-corrected chi connectivity index (χ3v) is 13.6. The maximum Gasteiger partial charge on any atom is 0.305 e. The van der Waals surface area contributed by atoms with E-state index in [4.69, 9.17) is 8.92 Å². The van der Waals surface area contributed by atoms with E-state index >= 15 is 0 Å². The normalized spacial score (nSPS) is 40.7. The molecule has 5 rings (SSSR count). The predicted molar refractivity (Wildman–Crippen MR) is 153 cm³/mol. The van der Waals surface area contributed by atoms with Crippen LogP contribution in [0.3, 0.4) is 0 Å². The Morgan fingerprint density at radius 1 is 0.974 bits per heavy atom. The summed E-state index contributed by atoms with van der Waals surface area (Å²) in [6.07, 6.45) is 10.3. The molecule has 0 radical (unpaired) electrons. The van der Waals surface area contributed by atoms with E-state index in [-0.39, 0.29) is 33.7 Å². The fourth-order valence-electron chi connectivity index (χ4n) is 10.1. The second-order valence-electron chi connectivity index (χ2n) is 14.3. The number of benzene rings is 1. The Morgan fingerprint density at radius 3 is 2.33 bits per heavy atom. The highest BCUT2D eigenvalue weighted by Gasteiger charge is 2.63. The molecule has 1 aromatic rings. The van der Waals surface area contributed by atoms with Crippen molar-refractivity contribution >= 4 is 16.1 Å². The molecule has 4 fully saturated rings. The van der Waals surface area contributed by atoms with Gasteiger partial charge in [0.05, 0.1) is 18.1 Å². The molecule has 0 aromatic heterocycles. The number of hydrogen-bond donors (Lipinski definition) is 0. The van der Waals surface area contributed by atoms with Crippen LogP contribution in [-0.2, 0) is 23.8 Å². The Morgan fingerprint density at radius 2 is 1.64 bits per heavy atom. The van der Waals surface area contributed by atoms with Crippen LogP contribution in [0.1, 0.15) is 97.5 Å². The molecule has 5 nitrogen and oxygen atoms in total. The summed E-state index contributed by atoms with van der Waals surface area (Å²) in [5.74, 6) is 3.57. The van der Waals surface area contributed by atoms with Crippen molar-refractivity contribution in [3.63, 3.8) is 0 Å². The van der Waals surface area contributed by atoms with Gasteiger partial charge in [-0.25, -0.2) is 0 Å². The van der Waals surface area contributed by atoms with Crippen LogP contribution in [-0.4, -0.2) is 27.6 Å². The quantitative estimate of drug-likeness (QED) is 0.255. The number of hydrogen-bond acceptors (Lipinski definition) is 5. The van der Waals surface area contributed by atoms with E-state index in [0.717, 1.165) is 24.8 Å². The van der Waals surface area contributed by atoms with Crippen molar-refractivity contribution in [1.29, 1.82) is 0 Å². The molecule has 1 aromatic carbocycles. The van der Waals surface area contributed by atoms with Crippen LogP contribution in [0.5, 0.6) is 0 Å². The highest BCUT2D eigenvalue weighted by molar-refractivity contribution is 7.86. The fourth-order valence-corrected chi connectivity index (χ4v) is 11.2. The zero-order valence-corrected chi connectivity index (χ0v) is 25.8. The van der Waals surface area contributed by atoms with Crippen LogP contribution in [0.15, 0.2) is 29.2 Å². The lowest BCUT2D eigenvalue weighted by atomic mass is 9.43. The van der Waals surface area contributed by atoms with E-state index in [9.17, 15) is 13.2 Å². The minimum Gasteiger partial charge on any atom is -0.469 e. The van der Waals surface area contributed by atoms with Gasteiger partial charge in [-0.2, -0.15) is 8.42 Å². The summed E-state index contributed by atoms with van der Waals surface area (Å²) in [5, 5.41) is 0. The Kier molecular flexibility index (Phi) is 8.04. The van der Waals surface area contributed by atoms with Gasteiger partial charge in [0.1, 0.15) is 0 Å². The first-order chi connectivity index (χ1) is 18.4. The van der Waals surface area contributed by atoms with Crippen LogP contribution in [0.4, 0.5) is 0 Å². The van der Waals surface area contributed by atoms with Crippen LogP contribution >= 0.6 is 0 Å². The molecule has 6 heteroatoms. The maximum absolute atomic E-state index is 13.6. The average Bonchev–Trinajstić information content (AvgIpc) is 3.25. The maximum atomic E-state index is 13.6. The summed E-state index contributed by atoms with van der Waals surface area (Å²) in [6.45, 7) is 11.6. The highest BCUT2D eigenvalue weighted by atomic mass is 32.2. The standard InChI is InChI=1S/C33H50O5S/c1-21-7-10-24(11-8-21)39(35,36)38-30-20-25-27-13-12-26(23(3)9-14-31(34)37-6)32(27,4)18-16-28(25)33(5)17-15-22(2)19-29(30)33/h7-8,10-11,22-23,25-30H,9,12-20H2,1-6H3/t22-,23+,25-,26+,27-,28-,29?,30?,32+,33+/m0/s1. The molecule has 39 heavy (non-hydrogen) atoms. The minimum atomic E-state index is -3.83. The van der Waals surface area contributed by atoms with Crippen molar-refractivity contribution in [1.82, 2.24) is 0 Å². The molecule has 0 heterocycles. The summed E-state index contributed by atoms with van der Waals surface area (Å²) < 4.78 is 38.3. The lowest BCUT2D eigenvalue weighted by molar-refractivity contribution is -0.158. The largest absolute Gasteiger partial charge is 0.469 e. The van der Waals surface area contributed by atoms with Crippen LogP contribution in [0.2, 0.25) is 0 Å². The third kappa shape index (κ3) is 5.22. The Labute approximate surface area is 236 Å². The van der Waals surface area contributed by atoms with Crippen molar-refractivity contribution in [3.8, 4) is 0 Å². The second kappa shape index (κ2) is 10.8. The van der Waals surface area contributed by atoms with Gasteiger partial charge in [0.2, 0.25) is 0 Å². The van der Waals surface area contributed by atoms with Gasteiger partial charge in [0.25, 0.3) is 10.1 Å². The van der Waals surface area contributed by atoms with Crippen molar-refractivity contribution in [2.75, 3.05) is 7.11 Å². The van der Waals surface area contributed by atoms with Crippen molar-refractivity contribution in [3.05, 3.63) is 29.8 Å². The average molecular weight is 559 g/mol. The number of rotatable bonds is 7. The summed E-state index contributed by atoms with van der Waals surface area (Å²) in [4.78, 5) is 12.1. The number of esters is 1. The SMILES string of the molecule is COC(=O)CC[C@@H](C)[C@H]1CC[C@H]2[C@@H]3CC(OS(=O)(=O)c4ccc(C)cc4)C4C[C@@H](C)CC[C@]4(C)[C@H]3CC[C@]12C. The van der Waals surface area contributed by atoms with E-state index in [1.807, 2.05) is 19.1 Å². The molecule has 2 unspecified atom stereocenters. The Hall–Kier alpha value is -1.40. The number of carbonyl (C=O) groups excluding carboxylic acids is 1. The van der Waals surface area contributed by atoms with E-state index in [1.54, 1.807) is 12.1 Å². The molecular formula is C33H50O5S. The number of aryl methyl sites for hydroxylation is 1. The Bertz CT molecular complexity index is 1150. The van der Waals surface area contributed by atoms with E-state index in [2.05, 4.69) is 27.7 Å². The fraction of sp³-hybridized carbons (Fsp3) is 0.788. The molecule has 4 saturated carbocycles. The first-order valence-corrected chi connectivity index (χ1v) is 16.9. The topological polar surface area (TPSA) is 69.7 Å². The van der Waals surface area contributed by atoms with Crippen LogP contribution < -0.4 is 0 Å². The van der Waals surface area contributed by atoms with Gasteiger partial charge in [0, 0.05) is 6.42 Å². The summed E-state index contributed by atoms with van der Waals surface area (Å²) in [7, 11) is -2.36. The number of methoxy groups -OCH3 is 1. The molecule has 4 aliphatic rings. The van der Waals surface area contributed by atoms with Gasteiger partial charge >= 0.3 is 5.97 Å². The summed E-state index contributed by atoms with van der Waals surface area (Å²) >= 11 is 0. The molecule has 4 aliphatic carbocycles. The summed E-state index contributed by atoms with van der Waals surface area (Å²) in [5.41, 5.74) is 1.40. The number of ether oxygens (including phenoxy) is 1. The zero-order valence-electron chi connectivity index (χ0n) is 24.9. The first kappa shape index (κ1) is 29.1. The molecular weight excluding hydrogens is 508 g/mol. The van der Waals surface area contributed by atoms with Crippen molar-refractivity contribution in [2.45, 2.75) is 110 Å². The smallest absolute Gasteiger partial charge is 0.305 e. The Balaban J connectivity index is 1.42. The van der Waals surface area contributed by atoms with Gasteiger partial charge in [-0.3, -0.25) is 8.98 Å². The highest BCUT2D eigenvalue weighted by Crippen LogP contribution is 2.69. The van der Waals surface area contributed by atoms with Gasteiger partial charge in [0.15, 0.2) is 0 Å². The molecule has 0 spiro atoms. The molecule has 0 saturated heterocycles. The van der Waals surface area contributed by atoms with Crippen molar-refractivity contribution < 1.29 is 22.1 Å². The molecule has 0 bridgehead atoms. The van der Waals surface area contributed by atoms with Gasteiger partial charge in [-0.1, -0.05) is 51.8 Å². The monoisotopic (exact) mass is 558 g/mol. The van der Waals surface area contributed by atoms with E-state index in [1.165, 1.54) is 45.6 Å². The lowest BCUT2D eigenvalue weighted by Gasteiger charge is -2.63. The predicted octanol–water partition coefficient (Wildman–Crippen LogP) is 7.56. The molecule has 0 amide bonds.